The first-order valence-electron chi connectivity index (χ1n) is 5.56. The van der Waals surface area contributed by atoms with Crippen LogP contribution < -0.4 is 3.79 Å². The fraction of sp³-hybridized carbons (Fsp3) is 0.250. The van der Waals surface area contributed by atoms with Crippen LogP contribution in [-0.2, 0) is 6.42 Å². The van der Waals surface area contributed by atoms with Crippen LogP contribution in [0, 0.1) is 11.6 Å². The SMILES string of the molecule is CCCc1ccn(-c2c(F)cc(F)cc2[O][Al])n1. The van der Waals surface area contributed by atoms with E-state index in [0.29, 0.717) is 0 Å². The molecule has 0 atom stereocenters. The number of benzene rings is 1. The molecule has 0 unspecified atom stereocenters. The predicted molar refractivity (Wildman–Crippen MR) is 63.9 cm³/mol. The van der Waals surface area contributed by atoms with E-state index in [4.69, 9.17) is 3.79 Å². The molecule has 0 spiro atoms. The average Bonchev–Trinajstić information content (AvgIpc) is 2.76. The topological polar surface area (TPSA) is 27.1 Å². The third kappa shape index (κ3) is 2.55. The van der Waals surface area contributed by atoms with Crippen LogP contribution >= 0.6 is 0 Å². The largest absolute Gasteiger partial charge is 0.652 e. The number of halogens is 2. The van der Waals surface area contributed by atoms with E-state index >= 15 is 0 Å². The minimum Gasteiger partial charge on any atom is -0.652 e. The lowest BCUT2D eigenvalue weighted by molar-refractivity contribution is 0.537. The lowest BCUT2D eigenvalue weighted by Gasteiger charge is -2.11. The summed E-state index contributed by atoms with van der Waals surface area (Å²) in [5.41, 5.74) is 0.963. The molecule has 0 saturated carbocycles. The Morgan fingerprint density at radius 3 is 2.83 bits per heavy atom. The first kappa shape index (κ1) is 13.1. The van der Waals surface area contributed by atoms with Gasteiger partial charge in [0.15, 0.2) is 5.82 Å². The molecule has 0 aliphatic rings. The zero-order valence-corrected chi connectivity index (χ0v) is 11.0. The molecule has 0 aliphatic heterocycles. The molecule has 0 saturated heterocycles. The Hall–Kier alpha value is -1.38. The summed E-state index contributed by atoms with van der Waals surface area (Å²) >= 11 is 1.98. The van der Waals surface area contributed by atoms with Gasteiger partial charge in [0.05, 0.1) is 5.69 Å². The van der Waals surface area contributed by atoms with E-state index in [0.717, 1.165) is 30.7 Å². The molecule has 1 aromatic heterocycles. The van der Waals surface area contributed by atoms with Gasteiger partial charge in [0.1, 0.15) is 17.3 Å². The van der Waals surface area contributed by atoms with Crippen molar-refractivity contribution < 1.29 is 12.6 Å². The highest BCUT2D eigenvalue weighted by Gasteiger charge is 2.14. The van der Waals surface area contributed by atoms with Gasteiger partial charge < -0.3 is 3.79 Å². The highest BCUT2D eigenvalue weighted by Crippen LogP contribution is 2.26. The van der Waals surface area contributed by atoms with Gasteiger partial charge in [-0.05, 0) is 12.5 Å². The number of aryl methyl sites for hydroxylation is 1. The van der Waals surface area contributed by atoms with Crippen molar-refractivity contribution in [3.8, 4) is 11.4 Å². The molecule has 92 valence electrons. The number of hydrogen-bond acceptors (Lipinski definition) is 2. The standard InChI is InChI=1S/C12H12F2N2O.Al/c1-2-3-9-4-5-16(15-9)12-10(14)6-8(13)7-11(12)17;/h4-7,17H,2-3H2,1H3;/q;+1/p-1. The Morgan fingerprint density at radius 1 is 1.39 bits per heavy atom. The van der Waals surface area contributed by atoms with Crippen LogP contribution in [0.2, 0.25) is 0 Å². The van der Waals surface area contributed by atoms with Crippen molar-refractivity contribution in [1.82, 2.24) is 9.78 Å². The Morgan fingerprint density at radius 2 is 2.17 bits per heavy atom. The van der Waals surface area contributed by atoms with Crippen LogP contribution in [-0.4, -0.2) is 26.4 Å². The molecular formula is C12H11AlF2N2O. The predicted octanol–water partition coefficient (Wildman–Crippen LogP) is 2.57. The van der Waals surface area contributed by atoms with Crippen LogP contribution in [0.3, 0.4) is 0 Å². The number of rotatable bonds is 4. The van der Waals surface area contributed by atoms with E-state index in [1.54, 1.807) is 12.3 Å². The Labute approximate surface area is 112 Å². The summed E-state index contributed by atoms with van der Waals surface area (Å²) in [6.45, 7) is 2.04. The van der Waals surface area contributed by atoms with Crippen LogP contribution in [0.4, 0.5) is 8.78 Å². The number of hydrogen-bond donors (Lipinski definition) is 0. The summed E-state index contributed by atoms with van der Waals surface area (Å²) < 4.78 is 33.1. The van der Waals surface area contributed by atoms with E-state index in [2.05, 4.69) is 5.10 Å². The number of aromatic nitrogens is 2. The monoisotopic (exact) mass is 264 g/mol. The lowest BCUT2D eigenvalue weighted by atomic mass is 10.2. The molecule has 3 nitrogen and oxygen atoms in total. The maximum atomic E-state index is 13.8. The van der Waals surface area contributed by atoms with E-state index in [-0.39, 0.29) is 11.4 Å². The summed E-state index contributed by atoms with van der Waals surface area (Å²) in [6, 6.07) is 3.73. The van der Waals surface area contributed by atoms with Crippen molar-refractivity contribution in [1.29, 1.82) is 0 Å². The van der Waals surface area contributed by atoms with Gasteiger partial charge >= 0.3 is 16.6 Å². The van der Waals surface area contributed by atoms with E-state index in [1.807, 2.05) is 23.5 Å². The van der Waals surface area contributed by atoms with Crippen LogP contribution in [0.15, 0.2) is 24.4 Å². The third-order valence-electron chi connectivity index (χ3n) is 2.50. The maximum Gasteiger partial charge on any atom is 0.482 e. The van der Waals surface area contributed by atoms with Crippen molar-refractivity contribution in [2.24, 2.45) is 0 Å². The van der Waals surface area contributed by atoms with Crippen LogP contribution in [0.25, 0.3) is 5.69 Å². The van der Waals surface area contributed by atoms with Crippen molar-refractivity contribution in [3.63, 3.8) is 0 Å². The highest BCUT2D eigenvalue weighted by atomic mass is 27.1. The van der Waals surface area contributed by atoms with Crippen molar-refractivity contribution in [3.05, 3.63) is 41.7 Å². The van der Waals surface area contributed by atoms with Gasteiger partial charge in [-0.25, -0.2) is 13.5 Å². The molecule has 0 bridgehead atoms. The summed E-state index contributed by atoms with van der Waals surface area (Å²) in [7, 11) is 0. The van der Waals surface area contributed by atoms with Gasteiger partial charge in [-0.2, -0.15) is 5.10 Å². The highest BCUT2D eigenvalue weighted by molar-refractivity contribution is 6.00. The Kier molecular flexibility index (Phi) is 4.00. The molecule has 2 rings (SSSR count). The average molecular weight is 264 g/mol. The number of nitrogens with zero attached hydrogens (tertiary/aromatic N) is 2. The maximum absolute atomic E-state index is 13.8. The van der Waals surface area contributed by atoms with Gasteiger partial charge in [-0.15, -0.1) is 0 Å². The Bertz CT molecular complexity index is 557. The minimum atomic E-state index is -0.710. The zero-order valence-electron chi connectivity index (χ0n) is 9.86. The first-order valence-corrected chi connectivity index (χ1v) is 6.03. The summed E-state index contributed by atoms with van der Waals surface area (Å²) in [4.78, 5) is 0. The fourth-order valence-electron chi connectivity index (χ4n) is 1.73. The molecule has 0 N–H and O–H groups in total. The van der Waals surface area contributed by atoms with Crippen molar-refractivity contribution >= 4 is 16.6 Å². The second kappa shape index (κ2) is 5.51. The van der Waals surface area contributed by atoms with Crippen LogP contribution in [0.5, 0.6) is 5.75 Å². The molecule has 0 fully saturated rings. The molecule has 1 heterocycles. The molecule has 18 heavy (non-hydrogen) atoms. The van der Waals surface area contributed by atoms with E-state index < -0.39 is 11.6 Å². The first-order chi connectivity index (χ1) is 8.65. The molecule has 6 heteroatoms. The van der Waals surface area contributed by atoms with Crippen molar-refractivity contribution in [2.75, 3.05) is 0 Å². The van der Waals surface area contributed by atoms with Crippen LogP contribution in [0.1, 0.15) is 19.0 Å². The van der Waals surface area contributed by atoms with Gasteiger partial charge in [-0.3, -0.25) is 0 Å². The molecule has 1 aromatic carbocycles. The normalized spacial score (nSPS) is 10.6. The minimum absolute atomic E-state index is 0.0867. The van der Waals surface area contributed by atoms with E-state index in [9.17, 15) is 8.78 Å². The lowest BCUT2D eigenvalue weighted by Crippen LogP contribution is -2.04. The van der Waals surface area contributed by atoms with Gasteiger partial charge in [-0.1, -0.05) is 13.3 Å². The molecule has 2 aromatic rings. The second-order valence-electron chi connectivity index (χ2n) is 3.85. The third-order valence-corrected chi connectivity index (χ3v) is 2.75. The summed E-state index contributed by atoms with van der Waals surface area (Å²) in [5, 5.41) is 4.23. The van der Waals surface area contributed by atoms with Gasteiger partial charge in [0.25, 0.3) is 0 Å². The fourth-order valence-corrected chi connectivity index (χ4v) is 1.91. The van der Waals surface area contributed by atoms with E-state index in [1.165, 1.54) is 4.68 Å². The second-order valence-corrected chi connectivity index (χ2v) is 4.09. The molecule has 0 amide bonds. The smallest absolute Gasteiger partial charge is 0.482 e. The quantitative estimate of drug-likeness (QED) is 0.793. The molecular weight excluding hydrogens is 253 g/mol. The van der Waals surface area contributed by atoms with Gasteiger partial charge in [0.2, 0.25) is 0 Å². The summed E-state index contributed by atoms with van der Waals surface area (Å²) in [5.74, 6) is -1.31. The van der Waals surface area contributed by atoms with Crippen molar-refractivity contribution in [2.45, 2.75) is 19.8 Å². The molecule has 0 aliphatic carbocycles. The Balaban J connectivity index is 2.48. The summed E-state index contributed by atoms with van der Waals surface area (Å²) in [6.07, 6.45) is 3.40. The van der Waals surface area contributed by atoms with Gasteiger partial charge in [0, 0.05) is 18.3 Å². The zero-order chi connectivity index (χ0) is 13.1. The molecule has 2 radical (unpaired) electrons.